The first-order valence-electron chi connectivity index (χ1n) is 5.24. The Kier molecular flexibility index (Phi) is 4.92. The van der Waals surface area contributed by atoms with Crippen LogP contribution in [0.25, 0.3) is 0 Å². The van der Waals surface area contributed by atoms with Gasteiger partial charge in [-0.25, -0.2) is 9.59 Å². The lowest BCUT2D eigenvalue weighted by atomic mass is 10.2. The largest absolute Gasteiger partial charge is 0.497 e. The SMILES string of the molecule is COc1ccc(COC(=O)C(C)=CC(=O)O)cc1. The molecule has 96 valence electrons. The van der Waals surface area contributed by atoms with E-state index in [9.17, 15) is 9.59 Å². The quantitative estimate of drug-likeness (QED) is 0.637. The van der Waals surface area contributed by atoms with Gasteiger partial charge >= 0.3 is 11.9 Å². The molecule has 1 aromatic rings. The van der Waals surface area contributed by atoms with Gasteiger partial charge in [0, 0.05) is 11.6 Å². The molecular formula is C13H14O5. The van der Waals surface area contributed by atoms with E-state index in [1.54, 1.807) is 31.4 Å². The summed E-state index contributed by atoms with van der Waals surface area (Å²) in [6.07, 6.45) is 0.816. The zero-order valence-electron chi connectivity index (χ0n) is 10.2. The van der Waals surface area contributed by atoms with Gasteiger partial charge in [0.25, 0.3) is 0 Å². The van der Waals surface area contributed by atoms with Gasteiger partial charge in [0.05, 0.1) is 7.11 Å². The van der Waals surface area contributed by atoms with Crippen molar-refractivity contribution in [1.82, 2.24) is 0 Å². The Balaban J connectivity index is 2.54. The normalized spacial score (nSPS) is 10.9. The molecule has 1 rings (SSSR count). The second kappa shape index (κ2) is 6.44. The minimum Gasteiger partial charge on any atom is -0.497 e. The Morgan fingerprint density at radius 1 is 1.28 bits per heavy atom. The lowest BCUT2D eigenvalue weighted by Gasteiger charge is -2.05. The van der Waals surface area contributed by atoms with Crippen molar-refractivity contribution < 1.29 is 24.2 Å². The van der Waals surface area contributed by atoms with Gasteiger partial charge in [-0.15, -0.1) is 0 Å². The van der Waals surface area contributed by atoms with E-state index in [1.807, 2.05) is 0 Å². The first kappa shape index (κ1) is 13.8. The van der Waals surface area contributed by atoms with Crippen LogP contribution < -0.4 is 4.74 Å². The van der Waals surface area contributed by atoms with Crippen molar-refractivity contribution in [3.63, 3.8) is 0 Å². The Bertz CT molecular complexity index is 459. The summed E-state index contributed by atoms with van der Waals surface area (Å²) >= 11 is 0. The fourth-order valence-electron chi connectivity index (χ4n) is 1.23. The van der Waals surface area contributed by atoms with Crippen LogP contribution in [0.3, 0.4) is 0 Å². The number of benzene rings is 1. The molecule has 1 N–H and O–H groups in total. The third-order valence-electron chi connectivity index (χ3n) is 2.19. The molecule has 0 saturated heterocycles. The van der Waals surface area contributed by atoms with Crippen molar-refractivity contribution in [2.75, 3.05) is 7.11 Å². The molecule has 0 aromatic heterocycles. The molecule has 1 aromatic carbocycles. The molecule has 0 spiro atoms. The van der Waals surface area contributed by atoms with Crippen molar-refractivity contribution in [2.24, 2.45) is 0 Å². The molecule has 5 heteroatoms. The van der Waals surface area contributed by atoms with Crippen LogP contribution in [-0.2, 0) is 20.9 Å². The Labute approximate surface area is 105 Å². The van der Waals surface area contributed by atoms with Gasteiger partial charge < -0.3 is 14.6 Å². The summed E-state index contributed by atoms with van der Waals surface area (Å²) in [6, 6.07) is 7.04. The average molecular weight is 250 g/mol. The van der Waals surface area contributed by atoms with Crippen LogP contribution in [0.1, 0.15) is 12.5 Å². The molecule has 0 atom stereocenters. The number of methoxy groups -OCH3 is 1. The predicted molar refractivity (Wildman–Crippen MR) is 64.2 cm³/mol. The minimum atomic E-state index is -1.17. The molecule has 0 fully saturated rings. The van der Waals surface area contributed by atoms with Gasteiger partial charge in [0.1, 0.15) is 12.4 Å². The number of aliphatic carboxylic acids is 1. The molecule has 0 unspecified atom stereocenters. The molecule has 0 saturated carbocycles. The molecular weight excluding hydrogens is 236 g/mol. The van der Waals surface area contributed by atoms with Gasteiger partial charge in [-0.05, 0) is 24.6 Å². The fraction of sp³-hybridized carbons (Fsp3) is 0.231. The van der Waals surface area contributed by atoms with Crippen LogP contribution in [0, 0.1) is 0 Å². The minimum absolute atomic E-state index is 0.0519. The molecule has 0 amide bonds. The highest BCUT2D eigenvalue weighted by atomic mass is 16.5. The van der Waals surface area contributed by atoms with E-state index in [-0.39, 0.29) is 12.2 Å². The highest BCUT2D eigenvalue weighted by Gasteiger charge is 2.07. The van der Waals surface area contributed by atoms with Crippen molar-refractivity contribution in [1.29, 1.82) is 0 Å². The van der Waals surface area contributed by atoms with E-state index in [1.165, 1.54) is 6.92 Å². The Morgan fingerprint density at radius 2 is 1.89 bits per heavy atom. The van der Waals surface area contributed by atoms with Gasteiger partial charge in [-0.1, -0.05) is 12.1 Å². The molecule has 0 heterocycles. The molecule has 0 aliphatic carbocycles. The van der Waals surface area contributed by atoms with Crippen LogP contribution in [-0.4, -0.2) is 24.2 Å². The van der Waals surface area contributed by atoms with E-state index in [2.05, 4.69) is 0 Å². The van der Waals surface area contributed by atoms with Crippen molar-refractivity contribution in [3.8, 4) is 5.75 Å². The lowest BCUT2D eigenvalue weighted by Crippen LogP contribution is -2.07. The van der Waals surface area contributed by atoms with Crippen molar-refractivity contribution in [3.05, 3.63) is 41.5 Å². The standard InChI is InChI=1S/C13H14O5/c1-9(7-12(14)15)13(16)18-8-10-3-5-11(17-2)6-4-10/h3-7H,8H2,1-2H3,(H,14,15). The van der Waals surface area contributed by atoms with E-state index in [4.69, 9.17) is 14.6 Å². The summed E-state index contributed by atoms with van der Waals surface area (Å²) in [7, 11) is 1.56. The van der Waals surface area contributed by atoms with Crippen molar-refractivity contribution in [2.45, 2.75) is 13.5 Å². The maximum absolute atomic E-state index is 11.4. The van der Waals surface area contributed by atoms with Crippen LogP contribution in [0.5, 0.6) is 5.75 Å². The zero-order valence-corrected chi connectivity index (χ0v) is 10.2. The summed E-state index contributed by atoms with van der Waals surface area (Å²) in [5.41, 5.74) is 0.850. The maximum atomic E-state index is 11.4. The van der Waals surface area contributed by atoms with Gasteiger partial charge in [0.15, 0.2) is 0 Å². The number of esters is 1. The van der Waals surface area contributed by atoms with E-state index >= 15 is 0 Å². The molecule has 0 aliphatic rings. The van der Waals surface area contributed by atoms with Gasteiger partial charge in [-0.2, -0.15) is 0 Å². The molecule has 5 nitrogen and oxygen atoms in total. The fourth-order valence-corrected chi connectivity index (χ4v) is 1.23. The van der Waals surface area contributed by atoms with Crippen molar-refractivity contribution >= 4 is 11.9 Å². The summed E-state index contributed by atoms with van der Waals surface area (Å²) in [5, 5.41) is 8.48. The molecule has 0 radical (unpaired) electrons. The van der Waals surface area contributed by atoms with Crippen LogP contribution >= 0.6 is 0 Å². The predicted octanol–water partition coefficient (Wildman–Crippen LogP) is 1.77. The molecule has 18 heavy (non-hydrogen) atoms. The van der Waals surface area contributed by atoms with Crippen LogP contribution in [0.2, 0.25) is 0 Å². The van der Waals surface area contributed by atoms with Crippen LogP contribution in [0.15, 0.2) is 35.9 Å². The summed E-state index contributed by atoms with van der Waals surface area (Å²) in [5.74, 6) is -1.10. The average Bonchev–Trinajstić information content (AvgIpc) is 2.35. The first-order valence-corrected chi connectivity index (χ1v) is 5.24. The summed E-state index contributed by atoms with van der Waals surface area (Å²) in [4.78, 5) is 21.8. The highest BCUT2D eigenvalue weighted by Crippen LogP contribution is 2.12. The van der Waals surface area contributed by atoms with Crippen LogP contribution in [0.4, 0.5) is 0 Å². The number of carbonyl (C=O) groups is 2. The number of carboxylic acid groups (broad SMARTS) is 1. The molecule has 0 aliphatic heterocycles. The van der Waals surface area contributed by atoms with E-state index < -0.39 is 11.9 Å². The monoisotopic (exact) mass is 250 g/mol. The number of ether oxygens (including phenoxy) is 2. The molecule has 0 bridgehead atoms. The summed E-state index contributed by atoms with van der Waals surface area (Å²) < 4.78 is 9.95. The maximum Gasteiger partial charge on any atom is 0.334 e. The Hall–Kier alpha value is -2.30. The third kappa shape index (κ3) is 4.29. The second-order valence-corrected chi connectivity index (χ2v) is 3.59. The first-order chi connectivity index (χ1) is 8.52. The van der Waals surface area contributed by atoms with Gasteiger partial charge in [-0.3, -0.25) is 0 Å². The topological polar surface area (TPSA) is 72.8 Å². The Morgan fingerprint density at radius 3 is 2.39 bits per heavy atom. The smallest absolute Gasteiger partial charge is 0.334 e. The van der Waals surface area contributed by atoms with E-state index in [0.717, 1.165) is 11.6 Å². The summed E-state index contributed by atoms with van der Waals surface area (Å²) in [6.45, 7) is 1.48. The number of rotatable bonds is 5. The van der Waals surface area contributed by atoms with Gasteiger partial charge in [0.2, 0.25) is 0 Å². The van der Waals surface area contributed by atoms with E-state index in [0.29, 0.717) is 5.75 Å². The number of hydrogen-bond acceptors (Lipinski definition) is 4. The number of carboxylic acids is 1. The lowest BCUT2D eigenvalue weighted by molar-refractivity contribution is -0.141. The second-order valence-electron chi connectivity index (χ2n) is 3.59. The number of carbonyl (C=O) groups excluding carboxylic acids is 1. The zero-order chi connectivity index (χ0) is 13.5. The number of hydrogen-bond donors (Lipinski definition) is 1. The highest BCUT2D eigenvalue weighted by molar-refractivity contribution is 5.95. The third-order valence-corrected chi connectivity index (χ3v) is 2.19.